The Balaban J connectivity index is 0.000000847. The maximum absolute atomic E-state index is 2.22. The van der Waals surface area contributed by atoms with E-state index in [2.05, 4.69) is 86.6 Å². The maximum atomic E-state index is 2.22. The summed E-state index contributed by atoms with van der Waals surface area (Å²) >= 11 is 0. The molecule has 0 atom stereocenters. The number of hydrogen-bond acceptors (Lipinski definition) is 0. The highest BCUT2D eigenvalue weighted by Crippen LogP contribution is 2.27. The molecule has 0 heterocycles. The van der Waals surface area contributed by atoms with Crippen molar-refractivity contribution in [1.82, 2.24) is 0 Å². The van der Waals surface area contributed by atoms with Gasteiger partial charge in [-0.3, -0.25) is 0 Å². The van der Waals surface area contributed by atoms with Gasteiger partial charge in [-0.05, 0) is 41.7 Å². The summed E-state index contributed by atoms with van der Waals surface area (Å²) in [6.45, 7) is 8.29. The van der Waals surface area contributed by atoms with Gasteiger partial charge in [0.15, 0.2) is 0 Å². The molecule has 0 aliphatic rings. The molecule has 0 saturated heterocycles. The van der Waals surface area contributed by atoms with Crippen LogP contribution in [0.4, 0.5) is 0 Å². The Morgan fingerprint density at radius 2 is 1.18 bits per heavy atom. The molecule has 0 heteroatoms. The van der Waals surface area contributed by atoms with E-state index in [9.17, 15) is 0 Å². The van der Waals surface area contributed by atoms with Crippen molar-refractivity contribution in [1.29, 1.82) is 0 Å². The van der Waals surface area contributed by atoms with Crippen LogP contribution in [0.25, 0.3) is 22.3 Å². The quantitative estimate of drug-likeness (QED) is 0.494. The van der Waals surface area contributed by atoms with Crippen molar-refractivity contribution in [2.24, 2.45) is 0 Å². The molecule has 0 saturated carbocycles. The lowest BCUT2D eigenvalue weighted by atomic mass is 9.97. The molecular formula is C22H24. The third-order valence-corrected chi connectivity index (χ3v) is 3.69. The van der Waals surface area contributed by atoms with Crippen LogP contribution in [0, 0.1) is 13.8 Å². The Kier molecular flexibility index (Phi) is 5.55. The summed E-state index contributed by atoms with van der Waals surface area (Å²) in [5.41, 5.74) is 7.75. The zero-order chi connectivity index (χ0) is 15.9. The fourth-order valence-corrected chi connectivity index (χ4v) is 2.56. The zero-order valence-corrected chi connectivity index (χ0v) is 13.9. The van der Waals surface area contributed by atoms with E-state index in [-0.39, 0.29) is 0 Å². The van der Waals surface area contributed by atoms with Crippen molar-refractivity contribution in [3.8, 4) is 22.3 Å². The predicted molar refractivity (Wildman–Crippen MR) is 98.1 cm³/mol. The minimum absolute atomic E-state index is 1.27. The van der Waals surface area contributed by atoms with E-state index in [0.29, 0.717) is 0 Å². The number of rotatable bonds is 2. The van der Waals surface area contributed by atoms with Crippen molar-refractivity contribution in [3.05, 3.63) is 83.9 Å². The molecule has 3 rings (SSSR count). The molecule has 3 aromatic carbocycles. The van der Waals surface area contributed by atoms with Crippen LogP contribution < -0.4 is 0 Å². The van der Waals surface area contributed by atoms with E-state index in [1.165, 1.54) is 33.4 Å². The van der Waals surface area contributed by atoms with Crippen LogP contribution in [0.3, 0.4) is 0 Å². The summed E-state index contributed by atoms with van der Waals surface area (Å²) in [4.78, 5) is 0. The van der Waals surface area contributed by atoms with Gasteiger partial charge in [-0.15, -0.1) is 0 Å². The van der Waals surface area contributed by atoms with Gasteiger partial charge in [-0.1, -0.05) is 92.2 Å². The Labute approximate surface area is 134 Å². The van der Waals surface area contributed by atoms with Crippen molar-refractivity contribution in [2.45, 2.75) is 27.7 Å². The van der Waals surface area contributed by atoms with Crippen LogP contribution in [0.1, 0.15) is 25.0 Å². The smallest absolute Gasteiger partial charge is 0.0155 e. The van der Waals surface area contributed by atoms with E-state index in [1.807, 2.05) is 13.8 Å². The molecule has 0 bridgehead atoms. The van der Waals surface area contributed by atoms with E-state index in [0.717, 1.165) is 0 Å². The van der Waals surface area contributed by atoms with Gasteiger partial charge < -0.3 is 0 Å². The molecule has 0 aromatic heterocycles. The van der Waals surface area contributed by atoms with Gasteiger partial charge in [0.05, 0.1) is 0 Å². The first kappa shape index (κ1) is 16.0. The van der Waals surface area contributed by atoms with E-state index >= 15 is 0 Å². The molecule has 0 aliphatic carbocycles. The van der Waals surface area contributed by atoms with Gasteiger partial charge in [0.2, 0.25) is 0 Å². The van der Waals surface area contributed by atoms with Crippen molar-refractivity contribution in [2.75, 3.05) is 0 Å². The minimum atomic E-state index is 1.27. The van der Waals surface area contributed by atoms with Gasteiger partial charge in [0, 0.05) is 0 Å². The minimum Gasteiger partial charge on any atom is -0.0683 e. The second-order valence-corrected chi connectivity index (χ2v) is 5.26. The first-order chi connectivity index (χ1) is 10.7. The van der Waals surface area contributed by atoms with Gasteiger partial charge in [0.1, 0.15) is 0 Å². The highest BCUT2D eigenvalue weighted by molar-refractivity contribution is 5.72. The average molecular weight is 288 g/mol. The summed E-state index contributed by atoms with van der Waals surface area (Å²) in [5, 5.41) is 0. The molecule has 0 amide bonds. The standard InChI is InChI=1S/C20H18.C2H6/c1-15-6-5-8-19(14-15)17-10-12-18(13-11-17)20-9-4-3-7-16(20)2;1-2/h3-14H,1-2H3;1-2H3. The summed E-state index contributed by atoms with van der Waals surface area (Å²) in [5.74, 6) is 0. The second kappa shape index (κ2) is 7.61. The molecule has 0 aliphatic heterocycles. The lowest BCUT2D eigenvalue weighted by Gasteiger charge is -2.08. The SMILES string of the molecule is CC.Cc1cccc(-c2ccc(-c3ccccc3C)cc2)c1. The number of aryl methyl sites for hydroxylation is 2. The van der Waals surface area contributed by atoms with Crippen molar-refractivity contribution >= 4 is 0 Å². The highest BCUT2D eigenvalue weighted by atomic mass is 14.1. The Bertz CT molecular complexity index is 721. The molecule has 0 unspecified atom stereocenters. The van der Waals surface area contributed by atoms with Gasteiger partial charge >= 0.3 is 0 Å². The van der Waals surface area contributed by atoms with Crippen LogP contribution in [-0.4, -0.2) is 0 Å². The first-order valence-electron chi connectivity index (χ1n) is 7.97. The molecule has 22 heavy (non-hydrogen) atoms. The summed E-state index contributed by atoms with van der Waals surface area (Å²) < 4.78 is 0. The van der Waals surface area contributed by atoms with Crippen molar-refractivity contribution in [3.63, 3.8) is 0 Å². The molecule has 0 radical (unpaired) electrons. The van der Waals surface area contributed by atoms with Crippen molar-refractivity contribution < 1.29 is 0 Å². The largest absolute Gasteiger partial charge is 0.0683 e. The topological polar surface area (TPSA) is 0 Å². The molecule has 0 nitrogen and oxygen atoms in total. The van der Waals surface area contributed by atoms with Crippen LogP contribution >= 0.6 is 0 Å². The van der Waals surface area contributed by atoms with Gasteiger partial charge in [-0.25, -0.2) is 0 Å². The molecule has 3 aromatic rings. The van der Waals surface area contributed by atoms with Crippen LogP contribution in [0.5, 0.6) is 0 Å². The monoisotopic (exact) mass is 288 g/mol. The number of hydrogen-bond donors (Lipinski definition) is 0. The summed E-state index contributed by atoms with van der Waals surface area (Å²) in [7, 11) is 0. The van der Waals surface area contributed by atoms with Gasteiger partial charge in [-0.2, -0.15) is 0 Å². The lowest BCUT2D eigenvalue weighted by molar-refractivity contribution is 1.45. The molecular weight excluding hydrogens is 264 g/mol. The van der Waals surface area contributed by atoms with Crippen LogP contribution in [0.15, 0.2) is 72.8 Å². The van der Waals surface area contributed by atoms with Crippen LogP contribution in [-0.2, 0) is 0 Å². The molecule has 0 N–H and O–H groups in total. The second-order valence-electron chi connectivity index (χ2n) is 5.26. The summed E-state index contributed by atoms with van der Waals surface area (Å²) in [6, 6.07) is 26.0. The molecule has 112 valence electrons. The molecule has 0 spiro atoms. The zero-order valence-electron chi connectivity index (χ0n) is 13.9. The van der Waals surface area contributed by atoms with Crippen LogP contribution in [0.2, 0.25) is 0 Å². The molecule has 0 fully saturated rings. The number of benzene rings is 3. The predicted octanol–water partition coefficient (Wildman–Crippen LogP) is 6.66. The third kappa shape index (κ3) is 3.65. The van der Waals surface area contributed by atoms with E-state index < -0.39 is 0 Å². The van der Waals surface area contributed by atoms with E-state index in [1.54, 1.807) is 0 Å². The van der Waals surface area contributed by atoms with E-state index in [4.69, 9.17) is 0 Å². The maximum Gasteiger partial charge on any atom is -0.0155 e. The Hall–Kier alpha value is -2.34. The lowest BCUT2D eigenvalue weighted by Crippen LogP contribution is -1.84. The third-order valence-electron chi connectivity index (χ3n) is 3.69. The summed E-state index contributed by atoms with van der Waals surface area (Å²) in [6.07, 6.45) is 0. The van der Waals surface area contributed by atoms with Gasteiger partial charge in [0.25, 0.3) is 0 Å². The Morgan fingerprint density at radius 3 is 1.82 bits per heavy atom. The average Bonchev–Trinajstić information content (AvgIpc) is 2.57. The fraction of sp³-hybridized carbons (Fsp3) is 0.182. The Morgan fingerprint density at radius 1 is 0.545 bits per heavy atom. The highest BCUT2D eigenvalue weighted by Gasteiger charge is 2.02. The fourth-order valence-electron chi connectivity index (χ4n) is 2.56. The first-order valence-corrected chi connectivity index (χ1v) is 7.97. The normalized spacial score (nSPS) is 9.82.